The molecule has 0 aromatic carbocycles. The molecule has 0 spiro atoms. The van der Waals surface area contributed by atoms with Crippen LogP contribution >= 0.6 is 22.7 Å². The van der Waals surface area contributed by atoms with Gasteiger partial charge >= 0.3 is 6.18 Å². The summed E-state index contributed by atoms with van der Waals surface area (Å²) in [7, 11) is 0. The highest BCUT2D eigenvalue weighted by molar-refractivity contribution is 7.11. The molecule has 0 radical (unpaired) electrons. The fourth-order valence-corrected chi connectivity index (χ4v) is 3.52. The minimum Gasteiger partial charge on any atom is -0.309 e. The van der Waals surface area contributed by atoms with Crippen LogP contribution in [0.2, 0.25) is 0 Å². The Morgan fingerprint density at radius 3 is 2.67 bits per heavy atom. The van der Waals surface area contributed by atoms with Crippen molar-refractivity contribution in [1.82, 2.24) is 15.3 Å². The standard InChI is InChI=1S/C13H16F3N3S2/c1-3-4-17-9(5-11-19-8(2)7-20-11)10-6-18-12(21-10)13(14,15)16/h6-7,9,17H,3-5H2,1-2H3. The van der Waals surface area contributed by atoms with Gasteiger partial charge in [-0.15, -0.1) is 22.7 Å². The Labute approximate surface area is 129 Å². The Morgan fingerprint density at radius 2 is 2.14 bits per heavy atom. The van der Waals surface area contributed by atoms with E-state index in [-0.39, 0.29) is 6.04 Å². The summed E-state index contributed by atoms with van der Waals surface area (Å²) in [5, 5.41) is 5.35. The summed E-state index contributed by atoms with van der Waals surface area (Å²) in [6, 6.07) is -0.177. The fourth-order valence-electron chi connectivity index (χ4n) is 1.84. The summed E-state index contributed by atoms with van der Waals surface area (Å²) < 4.78 is 38.0. The van der Waals surface area contributed by atoms with Gasteiger partial charge in [0.05, 0.1) is 5.01 Å². The molecule has 1 N–H and O–H groups in total. The van der Waals surface area contributed by atoms with Crippen LogP contribution < -0.4 is 5.32 Å². The van der Waals surface area contributed by atoms with Gasteiger partial charge in [0.15, 0.2) is 5.01 Å². The highest BCUT2D eigenvalue weighted by Gasteiger charge is 2.35. The summed E-state index contributed by atoms with van der Waals surface area (Å²) >= 11 is 2.23. The predicted octanol–water partition coefficient (Wildman–Crippen LogP) is 4.21. The zero-order valence-corrected chi connectivity index (χ0v) is 13.3. The van der Waals surface area contributed by atoms with E-state index in [2.05, 4.69) is 15.3 Å². The Morgan fingerprint density at radius 1 is 1.38 bits per heavy atom. The van der Waals surface area contributed by atoms with Crippen molar-refractivity contribution in [3.63, 3.8) is 0 Å². The minimum absolute atomic E-state index is 0.177. The van der Waals surface area contributed by atoms with Gasteiger partial charge in [0, 0.05) is 34.6 Å². The van der Waals surface area contributed by atoms with Crippen LogP contribution in [0, 0.1) is 6.92 Å². The van der Waals surface area contributed by atoms with Gasteiger partial charge in [0.2, 0.25) is 0 Å². The van der Waals surface area contributed by atoms with Crippen LogP contribution in [0.1, 0.15) is 40.0 Å². The van der Waals surface area contributed by atoms with E-state index in [0.717, 1.165) is 23.7 Å². The van der Waals surface area contributed by atoms with Crippen LogP contribution in [0.4, 0.5) is 13.2 Å². The van der Waals surface area contributed by atoms with Gasteiger partial charge in [-0.2, -0.15) is 13.2 Å². The van der Waals surface area contributed by atoms with Crippen LogP contribution in [0.15, 0.2) is 11.6 Å². The molecule has 2 aromatic rings. The molecule has 2 aromatic heterocycles. The number of hydrogen-bond donors (Lipinski definition) is 1. The average Bonchev–Trinajstić information content (AvgIpc) is 3.02. The molecule has 0 aliphatic rings. The molecule has 0 saturated carbocycles. The van der Waals surface area contributed by atoms with E-state index in [1.807, 2.05) is 19.2 Å². The average molecular weight is 335 g/mol. The smallest absolute Gasteiger partial charge is 0.309 e. The molecule has 1 atom stereocenters. The van der Waals surface area contributed by atoms with Crippen molar-refractivity contribution in [1.29, 1.82) is 0 Å². The first-order valence-electron chi connectivity index (χ1n) is 6.57. The zero-order chi connectivity index (χ0) is 15.5. The molecule has 0 aliphatic heterocycles. The van der Waals surface area contributed by atoms with Crippen LogP contribution in [0.3, 0.4) is 0 Å². The van der Waals surface area contributed by atoms with E-state index in [1.54, 1.807) is 0 Å². The van der Waals surface area contributed by atoms with Gasteiger partial charge in [-0.25, -0.2) is 9.97 Å². The van der Waals surface area contributed by atoms with E-state index in [1.165, 1.54) is 17.5 Å². The summed E-state index contributed by atoms with van der Waals surface area (Å²) in [5.74, 6) is 0. The maximum absolute atomic E-state index is 12.7. The molecule has 0 bridgehead atoms. The molecule has 1 unspecified atom stereocenters. The number of rotatable bonds is 6. The third-order valence-corrected chi connectivity index (χ3v) is 4.94. The second kappa shape index (κ2) is 6.85. The number of aromatic nitrogens is 2. The second-order valence-electron chi connectivity index (χ2n) is 4.66. The number of aryl methyl sites for hydroxylation is 1. The van der Waals surface area contributed by atoms with Gasteiger partial charge < -0.3 is 5.32 Å². The SMILES string of the molecule is CCCNC(Cc1nc(C)cs1)c1cnc(C(F)(F)F)s1. The highest BCUT2D eigenvalue weighted by atomic mass is 32.1. The molecular formula is C13H16F3N3S2. The van der Waals surface area contributed by atoms with Crippen molar-refractivity contribution in [2.45, 2.75) is 38.9 Å². The minimum atomic E-state index is -4.38. The van der Waals surface area contributed by atoms with Gasteiger partial charge in [-0.1, -0.05) is 6.92 Å². The van der Waals surface area contributed by atoms with Crippen molar-refractivity contribution < 1.29 is 13.2 Å². The molecule has 0 fully saturated rings. The first kappa shape index (κ1) is 16.4. The first-order chi connectivity index (χ1) is 9.90. The van der Waals surface area contributed by atoms with Crippen molar-refractivity contribution in [2.24, 2.45) is 0 Å². The van der Waals surface area contributed by atoms with Gasteiger partial charge in [0.1, 0.15) is 0 Å². The van der Waals surface area contributed by atoms with Crippen molar-refractivity contribution in [3.8, 4) is 0 Å². The largest absolute Gasteiger partial charge is 0.443 e. The number of alkyl halides is 3. The maximum Gasteiger partial charge on any atom is 0.443 e. The number of halogens is 3. The van der Waals surface area contributed by atoms with Crippen molar-refractivity contribution in [3.05, 3.63) is 32.2 Å². The number of hydrogen-bond acceptors (Lipinski definition) is 5. The van der Waals surface area contributed by atoms with Crippen molar-refractivity contribution >= 4 is 22.7 Å². The molecule has 21 heavy (non-hydrogen) atoms. The Balaban J connectivity index is 2.17. The van der Waals surface area contributed by atoms with Crippen LogP contribution in [-0.2, 0) is 12.6 Å². The lowest BCUT2D eigenvalue weighted by molar-refractivity contribution is -0.137. The highest BCUT2D eigenvalue weighted by Crippen LogP contribution is 2.35. The molecule has 8 heteroatoms. The van der Waals surface area contributed by atoms with Crippen LogP contribution in [-0.4, -0.2) is 16.5 Å². The quantitative estimate of drug-likeness (QED) is 0.859. The van der Waals surface area contributed by atoms with E-state index in [0.29, 0.717) is 22.6 Å². The first-order valence-corrected chi connectivity index (χ1v) is 8.27. The Kier molecular flexibility index (Phi) is 5.34. The Hall–Kier alpha value is -0.990. The maximum atomic E-state index is 12.7. The van der Waals surface area contributed by atoms with E-state index in [4.69, 9.17) is 0 Å². The summed E-state index contributed by atoms with van der Waals surface area (Å²) in [5.41, 5.74) is 0.935. The monoisotopic (exact) mass is 335 g/mol. The topological polar surface area (TPSA) is 37.8 Å². The predicted molar refractivity (Wildman–Crippen MR) is 78.7 cm³/mol. The number of nitrogens with zero attached hydrogens (tertiary/aromatic N) is 2. The molecule has 2 rings (SSSR count). The lowest BCUT2D eigenvalue weighted by Crippen LogP contribution is -2.23. The van der Waals surface area contributed by atoms with E-state index in [9.17, 15) is 13.2 Å². The van der Waals surface area contributed by atoms with E-state index >= 15 is 0 Å². The molecule has 0 saturated heterocycles. The van der Waals surface area contributed by atoms with Gasteiger partial charge in [0.25, 0.3) is 0 Å². The van der Waals surface area contributed by atoms with Crippen LogP contribution in [0.5, 0.6) is 0 Å². The Bertz CT molecular complexity index is 577. The van der Waals surface area contributed by atoms with Crippen molar-refractivity contribution in [2.75, 3.05) is 6.54 Å². The third-order valence-electron chi connectivity index (χ3n) is 2.80. The molecule has 116 valence electrons. The summed E-state index contributed by atoms with van der Waals surface area (Å²) in [6.07, 6.45) is -1.56. The van der Waals surface area contributed by atoms with Gasteiger partial charge in [-0.3, -0.25) is 0 Å². The fraction of sp³-hybridized carbons (Fsp3) is 0.538. The number of thiazole rings is 2. The lowest BCUT2D eigenvalue weighted by atomic mass is 10.2. The molecule has 2 heterocycles. The van der Waals surface area contributed by atoms with E-state index < -0.39 is 11.2 Å². The van der Waals surface area contributed by atoms with Gasteiger partial charge in [-0.05, 0) is 19.9 Å². The lowest BCUT2D eigenvalue weighted by Gasteiger charge is -2.15. The normalized spacial score (nSPS) is 13.6. The van der Waals surface area contributed by atoms with Crippen LogP contribution in [0.25, 0.3) is 0 Å². The summed E-state index contributed by atoms with van der Waals surface area (Å²) in [6.45, 7) is 4.67. The molecule has 0 aliphatic carbocycles. The molecule has 0 amide bonds. The molecular weight excluding hydrogens is 319 g/mol. The zero-order valence-electron chi connectivity index (χ0n) is 11.7. The number of nitrogens with one attached hydrogen (secondary N) is 1. The molecule has 3 nitrogen and oxygen atoms in total. The second-order valence-corrected chi connectivity index (χ2v) is 6.66. The third kappa shape index (κ3) is 4.49. The summed E-state index contributed by atoms with van der Waals surface area (Å²) in [4.78, 5) is 8.48.